The van der Waals surface area contributed by atoms with Crippen molar-refractivity contribution >= 4 is 11.8 Å². The topological polar surface area (TPSA) is 83.1 Å². The van der Waals surface area contributed by atoms with E-state index in [-0.39, 0.29) is 23.8 Å². The van der Waals surface area contributed by atoms with Gasteiger partial charge in [0.05, 0.1) is 32.8 Å². The molecule has 1 heterocycles. The zero-order valence-corrected chi connectivity index (χ0v) is 23.2. The molecule has 0 unspecified atom stereocenters. The number of ether oxygens (including phenoxy) is 4. The molecule has 1 aliphatic heterocycles. The maximum Gasteiger partial charge on any atom is 0.337 e. The Labute approximate surface area is 230 Å². The number of allylic oxidation sites excluding steroid dienone is 3. The molecule has 1 fully saturated rings. The molecule has 1 saturated carbocycles. The molecule has 7 nitrogen and oxygen atoms in total. The van der Waals surface area contributed by atoms with Crippen LogP contribution in [0.1, 0.15) is 74.8 Å². The Bertz CT molecular complexity index is 1300. The van der Waals surface area contributed by atoms with E-state index in [1.807, 2.05) is 43.3 Å². The van der Waals surface area contributed by atoms with Crippen molar-refractivity contribution in [1.82, 2.24) is 5.32 Å². The van der Waals surface area contributed by atoms with Crippen LogP contribution in [-0.2, 0) is 14.3 Å². The summed E-state index contributed by atoms with van der Waals surface area (Å²) in [6.45, 7) is 1.89. The Kier molecular flexibility index (Phi) is 7.96. The highest BCUT2D eigenvalue weighted by molar-refractivity contribution is 6.04. The molecule has 1 N–H and O–H groups in total. The van der Waals surface area contributed by atoms with Gasteiger partial charge in [-0.25, -0.2) is 4.79 Å². The normalized spacial score (nSPS) is 21.7. The number of ketones is 1. The summed E-state index contributed by atoms with van der Waals surface area (Å²) >= 11 is 0. The van der Waals surface area contributed by atoms with E-state index >= 15 is 0 Å². The standard InChI is InChI=1S/C32H37NO6/c1-19-29(32(35)39-23-8-6-5-7-9-23)30(25-15-14-24(37-3)18-28(25)38-4)31-26(33-19)16-21(17-27(31)34)20-10-12-22(36-2)13-11-20/h10-15,18,21,23,30,33H,5-9,16-17H2,1-4H3/t21-,30+/m1/s1. The minimum absolute atomic E-state index is 0.0166. The van der Waals surface area contributed by atoms with Gasteiger partial charge in [0.25, 0.3) is 0 Å². The molecular weight excluding hydrogens is 494 g/mol. The molecule has 0 radical (unpaired) electrons. The highest BCUT2D eigenvalue weighted by Crippen LogP contribution is 2.48. The molecule has 2 aromatic rings. The van der Waals surface area contributed by atoms with E-state index in [0.29, 0.717) is 41.2 Å². The average molecular weight is 532 g/mol. The number of hydrogen-bond acceptors (Lipinski definition) is 7. The van der Waals surface area contributed by atoms with Crippen molar-refractivity contribution in [1.29, 1.82) is 0 Å². The highest BCUT2D eigenvalue weighted by Gasteiger charge is 2.43. The maximum atomic E-state index is 13.9. The summed E-state index contributed by atoms with van der Waals surface area (Å²) in [5.74, 6) is 1.06. The molecular formula is C32H37NO6. The van der Waals surface area contributed by atoms with Gasteiger partial charge in [-0.2, -0.15) is 0 Å². The summed E-state index contributed by atoms with van der Waals surface area (Å²) in [6, 6.07) is 13.4. The van der Waals surface area contributed by atoms with Crippen molar-refractivity contribution in [3.63, 3.8) is 0 Å². The smallest absolute Gasteiger partial charge is 0.337 e. The summed E-state index contributed by atoms with van der Waals surface area (Å²) in [5.41, 5.74) is 4.48. The van der Waals surface area contributed by atoms with Crippen LogP contribution in [0.4, 0.5) is 0 Å². The molecule has 39 heavy (non-hydrogen) atoms. The van der Waals surface area contributed by atoms with E-state index < -0.39 is 5.92 Å². The molecule has 0 amide bonds. The van der Waals surface area contributed by atoms with Gasteiger partial charge in [0.1, 0.15) is 23.4 Å². The number of methoxy groups -OCH3 is 3. The molecule has 0 spiro atoms. The van der Waals surface area contributed by atoms with E-state index in [1.54, 1.807) is 27.4 Å². The summed E-state index contributed by atoms with van der Waals surface area (Å²) in [5, 5.41) is 3.45. The van der Waals surface area contributed by atoms with Crippen LogP contribution in [0, 0.1) is 0 Å². The SMILES string of the molecule is COc1ccc([C@H]2CC(=O)C3=C(C2)NC(C)=C(C(=O)OC2CCCCC2)[C@@H]3c2ccc(OC)cc2OC)cc1. The Morgan fingerprint density at radius 2 is 1.56 bits per heavy atom. The highest BCUT2D eigenvalue weighted by atomic mass is 16.5. The van der Waals surface area contributed by atoms with Crippen LogP contribution in [0.2, 0.25) is 0 Å². The second-order valence-electron chi connectivity index (χ2n) is 10.6. The van der Waals surface area contributed by atoms with Crippen molar-refractivity contribution in [2.24, 2.45) is 0 Å². The van der Waals surface area contributed by atoms with Gasteiger partial charge in [-0.15, -0.1) is 0 Å². The van der Waals surface area contributed by atoms with Crippen molar-refractivity contribution in [3.05, 3.63) is 76.1 Å². The van der Waals surface area contributed by atoms with Crippen molar-refractivity contribution in [3.8, 4) is 17.2 Å². The largest absolute Gasteiger partial charge is 0.497 e. The molecule has 5 rings (SSSR count). The van der Waals surface area contributed by atoms with Gasteiger partial charge in [0.15, 0.2) is 5.78 Å². The number of carbonyl (C=O) groups excluding carboxylic acids is 2. The van der Waals surface area contributed by atoms with E-state index in [2.05, 4.69) is 5.32 Å². The van der Waals surface area contributed by atoms with E-state index in [9.17, 15) is 9.59 Å². The van der Waals surface area contributed by atoms with E-state index in [1.165, 1.54) is 6.42 Å². The van der Waals surface area contributed by atoms with Crippen LogP contribution in [-0.4, -0.2) is 39.2 Å². The summed E-state index contributed by atoms with van der Waals surface area (Å²) in [4.78, 5) is 27.7. The molecule has 2 aliphatic carbocycles. The summed E-state index contributed by atoms with van der Waals surface area (Å²) < 4.78 is 22.5. The van der Waals surface area contributed by atoms with Crippen LogP contribution in [0.15, 0.2) is 65.0 Å². The molecule has 7 heteroatoms. The number of carbonyl (C=O) groups is 2. The van der Waals surface area contributed by atoms with E-state index in [4.69, 9.17) is 18.9 Å². The number of hydrogen-bond donors (Lipinski definition) is 1. The van der Waals surface area contributed by atoms with Crippen LogP contribution >= 0.6 is 0 Å². The minimum atomic E-state index is -0.595. The lowest BCUT2D eigenvalue weighted by molar-refractivity contribution is -0.146. The van der Waals surface area contributed by atoms with Gasteiger partial charge in [0, 0.05) is 35.0 Å². The van der Waals surface area contributed by atoms with Gasteiger partial charge in [-0.1, -0.05) is 24.6 Å². The Morgan fingerprint density at radius 3 is 2.23 bits per heavy atom. The Hall–Kier alpha value is -3.74. The van der Waals surface area contributed by atoms with Gasteiger partial charge in [-0.05, 0) is 68.7 Å². The van der Waals surface area contributed by atoms with Crippen LogP contribution in [0.3, 0.4) is 0 Å². The van der Waals surface area contributed by atoms with Crippen LogP contribution < -0.4 is 19.5 Å². The third-order valence-electron chi connectivity index (χ3n) is 8.21. The van der Waals surface area contributed by atoms with Crippen molar-refractivity contribution in [2.75, 3.05) is 21.3 Å². The molecule has 0 bridgehead atoms. The number of benzene rings is 2. The Morgan fingerprint density at radius 1 is 0.872 bits per heavy atom. The lowest BCUT2D eigenvalue weighted by Gasteiger charge is -2.37. The zero-order chi connectivity index (χ0) is 27.5. The van der Waals surface area contributed by atoms with Crippen LogP contribution in [0.25, 0.3) is 0 Å². The fourth-order valence-corrected chi connectivity index (χ4v) is 6.19. The summed E-state index contributed by atoms with van der Waals surface area (Å²) in [7, 11) is 4.83. The van der Waals surface area contributed by atoms with Crippen molar-refractivity contribution < 1.29 is 28.5 Å². The average Bonchev–Trinajstić information content (AvgIpc) is 2.96. The second kappa shape index (κ2) is 11.6. The fraction of sp³-hybridized carbons (Fsp3) is 0.438. The lowest BCUT2D eigenvalue weighted by atomic mass is 9.71. The first-order chi connectivity index (χ1) is 18.9. The number of Topliss-reactive ketones (excluding diaryl/α,β-unsaturated/α-hetero) is 1. The first-order valence-electron chi connectivity index (χ1n) is 13.7. The quantitative estimate of drug-likeness (QED) is 0.442. The molecule has 0 saturated heterocycles. The lowest BCUT2D eigenvalue weighted by Crippen LogP contribution is -2.37. The molecule has 206 valence electrons. The molecule has 0 aromatic heterocycles. The first-order valence-corrected chi connectivity index (χ1v) is 13.7. The first kappa shape index (κ1) is 26.9. The predicted molar refractivity (Wildman–Crippen MR) is 148 cm³/mol. The predicted octanol–water partition coefficient (Wildman–Crippen LogP) is 5.95. The third-order valence-corrected chi connectivity index (χ3v) is 8.21. The molecule has 3 aliphatic rings. The molecule has 2 atom stereocenters. The van der Waals surface area contributed by atoms with Crippen LogP contribution in [0.5, 0.6) is 17.2 Å². The maximum absolute atomic E-state index is 13.9. The number of esters is 1. The third kappa shape index (κ3) is 5.40. The Balaban J connectivity index is 1.56. The van der Waals surface area contributed by atoms with Gasteiger partial charge in [-0.3, -0.25) is 4.79 Å². The fourth-order valence-electron chi connectivity index (χ4n) is 6.19. The summed E-state index contributed by atoms with van der Waals surface area (Å²) in [6.07, 6.45) is 5.95. The van der Waals surface area contributed by atoms with Crippen molar-refractivity contribution in [2.45, 2.75) is 69.8 Å². The van der Waals surface area contributed by atoms with Gasteiger partial charge in [0.2, 0.25) is 0 Å². The number of nitrogens with one attached hydrogen (secondary N) is 1. The second-order valence-corrected chi connectivity index (χ2v) is 10.6. The number of rotatable bonds is 7. The van der Waals surface area contributed by atoms with E-state index in [0.717, 1.165) is 48.3 Å². The minimum Gasteiger partial charge on any atom is -0.497 e. The molecule has 2 aromatic carbocycles. The van der Waals surface area contributed by atoms with Gasteiger partial charge < -0.3 is 24.3 Å². The van der Waals surface area contributed by atoms with Gasteiger partial charge >= 0.3 is 5.97 Å². The monoisotopic (exact) mass is 531 g/mol. The zero-order valence-electron chi connectivity index (χ0n) is 23.2. The number of dihydropyridines is 1.